The van der Waals surface area contributed by atoms with Crippen molar-refractivity contribution in [3.05, 3.63) is 16.3 Å². The minimum Gasteiger partial charge on any atom is -0.394 e. The van der Waals surface area contributed by atoms with Crippen LogP contribution in [-0.2, 0) is 19.5 Å². The molecule has 1 fully saturated rings. The predicted molar refractivity (Wildman–Crippen MR) is 68.5 cm³/mol. The Kier molecular flexibility index (Phi) is 4.54. The molecule has 0 bridgehead atoms. The molecule has 0 unspecified atom stereocenters. The Bertz CT molecular complexity index is 432. The highest BCUT2D eigenvalue weighted by Gasteiger charge is 2.18. The van der Waals surface area contributed by atoms with Gasteiger partial charge in [0.1, 0.15) is 5.82 Å². The van der Waals surface area contributed by atoms with E-state index in [1.165, 1.54) is 4.68 Å². The average molecular weight is 254 g/mol. The molecule has 2 heterocycles. The van der Waals surface area contributed by atoms with Gasteiger partial charge in [-0.25, -0.2) is 9.48 Å². The number of hydrogen-bond donors (Lipinski definition) is 2. The molecule has 0 atom stereocenters. The third-order valence-electron chi connectivity index (χ3n) is 3.56. The van der Waals surface area contributed by atoms with E-state index in [0.29, 0.717) is 12.5 Å². The molecule has 0 radical (unpaired) electrons. The summed E-state index contributed by atoms with van der Waals surface area (Å²) < 4.78 is 3.09. The average Bonchev–Trinajstić information content (AvgIpc) is 2.67. The SMILES string of the molecule is CCn1c(CC2CCNCC2)nn(CCO)c1=O. The molecule has 6 nitrogen and oxygen atoms in total. The minimum absolute atomic E-state index is 0.0482. The summed E-state index contributed by atoms with van der Waals surface area (Å²) in [7, 11) is 0. The first-order valence-corrected chi connectivity index (χ1v) is 6.74. The summed E-state index contributed by atoms with van der Waals surface area (Å²) in [5, 5.41) is 16.6. The van der Waals surface area contributed by atoms with Gasteiger partial charge in [0.15, 0.2) is 0 Å². The molecule has 102 valence electrons. The fourth-order valence-electron chi connectivity index (χ4n) is 2.54. The van der Waals surface area contributed by atoms with Crippen LogP contribution in [0.5, 0.6) is 0 Å². The monoisotopic (exact) mass is 254 g/mol. The largest absolute Gasteiger partial charge is 0.394 e. The number of aliphatic hydroxyl groups is 1. The zero-order valence-electron chi connectivity index (χ0n) is 10.9. The van der Waals surface area contributed by atoms with E-state index in [1.807, 2.05) is 6.92 Å². The molecular weight excluding hydrogens is 232 g/mol. The quantitative estimate of drug-likeness (QED) is 0.750. The smallest absolute Gasteiger partial charge is 0.345 e. The molecule has 1 aliphatic rings. The number of piperidine rings is 1. The summed E-state index contributed by atoms with van der Waals surface area (Å²) in [6, 6.07) is 0. The van der Waals surface area contributed by atoms with Crippen molar-refractivity contribution < 1.29 is 5.11 Å². The van der Waals surface area contributed by atoms with Gasteiger partial charge < -0.3 is 10.4 Å². The number of hydrogen-bond acceptors (Lipinski definition) is 4. The zero-order valence-corrected chi connectivity index (χ0v) is 10.9. The maximum Gasteiger partial charge on any atom is 0.345 e. The lowest BCUT2D eigenvalue weighted by atomic mass is 9.94. The van der Waals surface area contributed by atoms with E-state index in [4.69, 9.17) is 5.11 Å². The Labute approximate surface area is 107 Å². The van der Waals surface area contributed by atoms with Crippen molar-refractivity contribution in [3.8, 4) is 0 Å². The third kappa shape index (κ3) is 2.81. The summed E-state index contributed by atoms with van der Waals surface area (Å²) >= 11 is 0. The molecule has 6 heteroatoms. The zero-order chi connectivity index (χ0) is 13.0. The van der Waals surface area contributed by atoms with Crippen LogP contribution in [0.4, 0.5) is 0 Å². The summed E-state index contributed by atoms with van der Waals surface area (Å²) in [5.74, 6) is 1.48. The number of rotatable bonds is 5. The van der Waals surface area contributed by atoms with E-state index in [1.54, 1.807) is 4.57 Å². The van der Waals surface area contributed by atoms with Crippen molar-refractivity contribution in [2.24, 2.45) is 5.92 Å². The van der Waals surface area contributed by atoms with Crippen molar-refractivity contribution in [2.75, 3.05) is 19.7 Å². The highest BCUT2D eigenvalue weighted by atomic mass is 16.3. The molecule has 0 aromatic carbocycles. The lowest BCUT2D eigenvalue weighted by molar-refractivity contribution is 0.266. The van der Waals surface area contributed by atoms with Crippen molar-refractivity contribution in [1.82, 2.24) is 19.7 Å². The molecule has 0 aliphatic carbocycles. The van der Waals surface area contributed by atoms with Gasteiger partial charge in [0.2, 0.25) is 0 Å². The molecule has 2 rings (SSSR count). The highest BCUT2D eigenvalue weighted by molar-refractivity contribution is 4.91. The van der Waals surface area contributed by atoms with E-state index >= 15 is 0 Å². The van der Waals surface area contributed by atoms with Crippen LogP contribution >= 0.6 is 0 Å². The van der Waals surface area contributed by atoms with Crippen molar-refractivity contribution >= 4 is 0 Å². The fourth-order valence-corrected chi connectivity index (χ4v) is 2.54. The Balaban J connectivity index is 2.15. The van der Waals surface area contributed by atoms with E-state index in [-0.39, 0.29) is 18.8 Å². The van der Waals surface area contributed by atoms with Crippen LogP contribution in [0.2, 0.25) is 0 Å². The van der Waals surface area contributed by atoms with Crippen molar-refractivity contribution in [2.45, 2.75) is 39.3 Å². The summed E-state index contributed by atoms with van der Waals surface area (Å²) in [6.07, 6.45) is 3.15. The molecule has 1 aromatic heterocycles. The van der Waals surface area contributed by atoms with Crippen LogP contribution in [-0.4, -0.2) is 39.2 Å². The van der Waals surface area contributed by atoms with Gasteiger partial charge in [-0.15, -0.1) is 0 Å². The molecule has 0 amide bonds. The van der Waals surface area contributed by atoms with Gasteiger partial charge in [-0.3, -0.25) is 4.57 Å². The van der Waals surface area contributed by atoms with Crippen LogP contribution in [0, 0.1) is 5.92 Å². The van der Waals surface area contributed by atoms with Gasteiger partial charge in [-0.1, -0.05) is 0 Å². The van der Waals surface area contributed by atoms with Crippen LogP contribution in [0.3, 0.4) is 0 Å². The van der Waals surface area contributed by atoms with Gasteiger partial charge in [-0.05, 0) is 38.8 Å². The van der Waals surface area contributed by atoms with E-state index in [0.717, 1.165) is 38.2 Å². The van der Waals surface area contributed by atoms with Gasteiger partial charge in [0, 0.05) is 13.0 Å². The molecule has 2 N–H and O–H groups in total. The number of nitrogens with zero attached hydrogens (tertiary/aromatic N) is 3. The molecule has 1 aromatic rings. The van der Waals surface area contributed by atoms with E-state index in [2.05, 4.69) is 10.4 Å². The van der Waals surface area contributed by atoms with Crippen LogP contribution < -0.4 is 11.0 Å². The lowest BCUT2D eigenvalue weighted by Crippen LogP contribution is -2.30. The summed E-state index contributed by atoms with van der Waals surface area (Å²) in [4.78, 5) is 12.0. The topological polar surface area (TPSA) is 72.1 Å². The Morgan fingerprint density at radius 2 is 2.17 bits per heavy atom. The summed E-state index contributed by atoms with van der Waals surface area (Å²) in [6.45, 7) is 4.94. The number of nitrogens with one attached hydrogen (secondary N) is 1. The molecule has 18 heavy (non-hydrogen) atoms. The predicted octanol–water partition coefficient (Wildman–Crippen LogP) is -0.401. The summed E-state index contributed by atoms with van der Waals surface area (Å²) in [5.41, 5.74) is -0.101. The molecule has 0 spiro atoms. The standard InChI is InChI=1S/C12H22N4O2/c1-2-15-11(9-10-3-5-13-6-4-10)14-16(7-8-17)12(15)18/h10,13,17H,2-9H2,1H3. The molecule has 1 saturated heterocycles. The first-order chi connectivity index (χ1) is 8.76. The minimum atomic E-state index is -0.101. The lowest BCUT2D eigenvalue weighted by Gasteiger charge is -2.21. The van der Waals surface area contributed by atoms with Gasteiger partial charge in [0.25, 0.3) is 0 Å². The maximum atomic E-state index is 12.0. The molecular formula is C12H22N4O2. The van der Waals surface area contributed by atoms with Crippen molar-refractivity contribution in [1.29, 1.82) is 0 Å². The Morgan fingerprint density at radius 3 is 2.78 bits per heavy atom. The van der Waals surface area contributed by atoms with Crippen molar-refractivity contribution in [3.63, 3.8) is 0 Å². The molecule has 1 aliphatic heterocycles. The van der Waals surface area contributed by atoms with Crippen LogP contribution in [0.1, 0.15) is 25.6 Å². The maximum absolute atomic E-state index is 12.0. The highest BCUT2D eigenvalue weighted by Crippen LogP contribution is 2.16. The van der Waals surface area contributed by atoms with Gasteiger partial charge in [-0.2, -0.15) is 5.10 Å². The van der Waals surface area contributed by atoms with E-state index in [9.17, 15) is 4.79 Å². The molecule has 0 saturated carbocycles. The number of aromatic nitrogens is 3. The first kappa shape index (κ1) is 13.3. The van der Waals surface area contributed by atoms with Crippen LogP contribution in [0.15, 0.2) is 4.79 Å². The van der Waals surface area contributed by atoms with Gasteiger partial charge >= 0.3 is 5.69 Å². The third-order valence-corrected chi connectivity index (χ3v) is 3.56. The first-order valence-electron chi connectivity index (χ1n) is 6.74. The van der Waals surface area contributed by atoms with Gasteiger partial charge in [0.05, 0.1) is 13.2 Å². The van der Waals surface area contributed by atoms with E-state index < -0.39 is 0 Å². The fraction of sp³-hybridized carbons (Fsp3) is 0.833. The Morgan fingerprint density at radius 1 is 1.44 bits per heavy atom. The Hall–Kier alpha value is -1.14. The number of aliphatic hydroxyl groups excluding tert-OH is 1. The second kappa shape index (κ2) is 6.15. The second-order valence-corrected chi connectivity index (χ2v) is 4.79. The van der Waals surface area contributed by atoms with Crippen LogP contribution in [0.25, 0.3) is 0 Å². The normalized spacial score (nSPS) is 17.2. The second-order valence-electron chi connectivity index (χ2n) is 4.79.